The number of aromatic amines is 1. The first kappa shape index (κ1) is 20.2. The topological polar surface area (TPSA) is 110 Å². The summed E-state index contributed by atoms with van der Waals surface area (Å²) in [6.45, 7) is 4.32. The molecule has 0 aliphatic carbocycles. The highest BCUT2D eigenvalue weighted by Gasteiger charge is 2.10. The monoisotopic (exact) mass is 408 g/mol. The van der Waals surface area contributed by atoms with Gasteiger partial charge in [-0.1, -0.05) is 18.2 Å². The molecule has 0 spiro atoms. The molecular weight excluding hydrogens is 388 g/mol. The summed E-state index contributed by atoms with van der Waals surface area (Å²) in [5.74, 6) is -0.760. The number of carbonyl (C=O) groups is 2. The highest BCUT2D eigenvalue weighted by atomic mass is 32.1. The van der Waals surface area contributed by atoms with Gasteiger partial charge in [0, 0.05) is 24.2 Å². The van der Waals surface area contributed by atoms with Crippen molar-refractivity contribution in [2.45, 2.75) is 13.0 Å². The number of primary amides is 1. The molecule has 0 aliphatic rings. The summed E-state index contributed by atoms with van der Waals surface area (Å²) in [4.78, 5) is 39.2. The second-order valence-corrected chi connectivity index (χ2v) is 6.85. The molecule has 2 aromatic carbocycles. The lowest BCUT2D eigenvalue weighted by Gasteiger charge is -2.09. The van der Waals surface area contributed by atoms with E-state index in [1.54, 1.807) is 42.5 Å². The van der Waals surface area contributed by atoms with Gasteiger partial charge >= 0.3 is 0 Å². The largest absolute Gasteiger partial charge is 0.366 e. The summed E-state index contributed by atoms with van der Waals surface area (Å²) >= 11 is 5.22. The molecule has 29 heavy (non-hydrogen) atoms. The van der Waals surface area contributed by atoms with Crippen molar-refractivity contribution in [1.29, 1.82) is 0 Å². The van der Waals surface area contributed by atoms with Gasteiger partial charge in [0.2, 0.25) is 5.91 Å². The van der Waals surface area contributed by atoms with Crippen LogP contribution in [0.3, 0.4) is 0 Å². The molecule has 1 aromatic heterocycles. The first-order chi connectivity index (χ1) is 13.9. The third-order valence-electron chi connectivity index (χ3n) is 4.47. The van der Waals surface area contributed by atoms with Crippen molar-refractivity contribution in [2.24, 2.45) is 5.73 Å². The highest BCUT2D eigenvalue weighted by molar-refractivity contribution is 7.71. The van der Waals surface area contributed by atoms with Gasteiger partial charge in [-0.15, -0.1) is 6.58 Å². The maximum Gasteiger partial charge on any atom is 0.262 e. The molecule has 0 fully saturated rings. The SMILES string of the molecule is C=CCn1c(=S)[nH]c2cc(C(=O)NCCc3cccc(C(N)=O)c3)ccc2c1=O. The van der Waals surface area contributed by atoms with Gasteiger partial charge in [-0.3, -0.25) is 19.0 Å². The van der Waals surface area contributed by atoms with Crippen molar-refractivity contribution in [3.05, 3.63) is 86.9 Å². The van der Waals surface area contributed by atoms with E-state index >= 15 is 0 Å². The minimum absolute atomic E-state index is 0.232. The van der Waals surface area contributed by atoms with Gasteiger partial charge in [0.05, 0.1) is 10.9 Å². The van der Waals surface area contributed by atoms with E-state index in [0.717, 1.165) is 5.56 Å². The van der Waals surface area contributed by atoms with E-state index in [4.69, 9.17) is 18.0 Å². The maximum atomic E-state index is 12.5. The number of rotatable bonds is 7. The summed E-state index contributed by atoms with van der Waals surface area (Å²) < 4.78 is 1.68. The average Bonchev–Trinajstić information content (AvgIpc) is 2.70. The van der Waals surface area contributed by atoms with Crippen LogP contribution < -0.4 is 16.6 Å². The van der Waals surface area contributed by atoms with E-state index in [1.807, 2.05) is 6.07 Å². The molecule has 0 radical (unpaired) electrons. The van der Waals surface area contributed by atoms with E-state index in [-0.39, 0.29) is 16.2 Å². The Hall–Kier alpha value is -3.52. The van der Waals surface area contributed by atoms with Crippen LogP contribution in [0.5, 0.6) is 0 Å². The van der Waals surface area contributed by atoms with Gasteiger partial charge in [-0.25, -0.2) is 0 Å². The Morgan fingerprint density at radius 2 is 2.00 bits per heavy atom. The third kappa shape index (κ3) is 4.49. The smallest absolute Gasteiger partial charge is 0.262 e. The normalized spacial score (nSPS) is 10.6. The molecule has 8 heteroatoms. The summed E-state index contributed by atoms with van der Waals surface area (Å²) in [6, 6.07) is 11.8. The van der Waals surface area contributed by atoms with E-state index in [9.17, 15) is 14.4 Å². The number of nitrogens with one attached hydrogen (secondary N) is 2. The zero-order valence-corrected chi connectivity index (χ0v) is 16.4. The maximum absolute atomic E-state index is 12.5. The number of aromatic nitrogens is 2. The summed E-state index contributed by atoms with van der Waals surface area (Å²) in [5.41, 5.74) is 7.29. The Balaban J connectivity index is 1.74. The fraction of sp³-hybridized carbons (Fsp3) is 0.143. The molecule has 3 aromatic rings. The van der Waals surface area contributed by atoms with E-state index in [0.29, 0.717) is 41.5 Å². The van der Waals surface area contributed by atoms with Crippen LogP contribution in [0, 0.1) is 4.77 Å². The number of nitrogens with zero attached hydrogens (tertiary/aromatic N) is 1. The van der Waals surface area contributed by atoms with Crippen LogP contribution in [0.25, 0.3) is 10.9 Å². The van der Waals surface area contributed by atoms with Crippen molar-refractivity contribution >= 4 is 34.9 Å². The Morgan fingerprint density at radius 3 is 2.72 bits per heavy atom. The van der Waals surface area contributed by atoms with Gasteiger partial charge in [0.25, 0.3) is 11.5 Å². The second kappa shape index (κ2) is 8.66. The molecule has 0 aliphatic heterocycles. The number of carbonyl (C=O) groups excluding carboxylic acids is 2. The van der Waals surface area contributed by atoms with Crippen LogP contribution in [0.4, 0.5) is 0 Å². The zero-order chi connectivity index (χ0) is 21.0. The van der Waals surface area contributed by atoms with Crippen LogP contribution in [-0.2, 0) is 13.0 Å². The number of hydrogen-bond acceptors (Lipinski definition) is 4. The van der Waals surface area contributed by atoms with Gasteiger partial charge in [0.15, 0.2) is 4.77 Å². The number of benzene rings is 2. The molecule has 0 unspecified atom stereocenters. The number of nitrogens with two attached hydrogens (primary N) is 1. The summed E-state index contributed by atoms with van der Waals surface area (Å²) in [6.07, 6.45) is 2.15. The lowest BCUT2D eigenvalue weighted by Crippen LogP contribution is -2.26. The van der Waals surface area contributed by atoms with E-state index < -0.39 is 5.91 Å². The lowest BCUT2D eigenvalue weighted by molar-refractivity contribution is 0.0952. The first-order valence-electron chi connectivity index (χ1n) is 8.95. The molecule has 148 valence electrons. The Labute approximate surface area is 171 Å². The van der Waals surface area contributed by atoms with E-state index in [1.165, 1.54) is 4.57 Å². The highest BCUT2D eigenvalue weighted by Crippen LogP contribution is 2.11. The second-order valence-electron chi connectivity index (χ2n) is 6.47. The van der Waals surface area contributed by atoms with Crippen molar-refractivity contribution in [3.63, 3.8) is 0 Å². The summed E-state index contributed by atoms with van der Waals surface area (Å²) in [5, 5.41) is 3.27. The van der Waals surface area contributed by atoms with Crippen LogP contribution >= 0.6 is 12.2 Å². The van der Waals surface area contributed by atoms with Crippen LogP contribution in [-0.4, -0.2) is 27.9 Å². The Kier molecular flexibility index (Phi) is 6.04. The first-order valence-corrected chi connectivity index (χ1v) is 9.36. The molecule has 2 amide bonds. The zero-order valence-electron chi connectivity index (χ0n) is 15.6. The van der Waals surface area contributed by atoms with Crippen LogP contribution in [0.2, 0.25) is 0 Å². The third-order valence-corrected chi connectivity index (χ3v) is 4.79. The molecule has 3 rings (SSSR count). The van der Waals surface area contributed by atoms with Gasteiger partial charge in [-0.2, -0.15) is 0 Å². The Bertz CT molecular complexity index is 1230. The molecule has 4 N–H and O–H groups in total. The molecule has 0 saturated carbocycles. The Morgan fingerprint density at radius 1 is 1.21 bits per heavy atom. The van der Waals surface area contributed by atoms with Gasteiger partial charge in [-0.05, 0) is 54.5 Å². The lowest BCUT2D eigenvalue weighted by atomic mass is 10.1. The van der Waals surface area contributed by atoms with Crippen LogP contribution in [0.1, 0.15) is 26.3 Å². The number of hydrogen-bond donors (Lipinski definition) is 3. The minimum Gasteiger partial charge on any atom is -0.366 e. The molecule has 0 bridgehead atoms. The van der Waals surface area contributed by atoms with Crippen LogP contribution in [0.15, 0.2) is 59.9 Å². The molecule has 7 nitrogen and oxygen atoms in total. The number of amides is 2. The van der Waals surface area contributed by atoms with Gasteiger partial charge < -0.3 is 16.0 Å². The fourth-order valence-corrected chi connectivity index (χ4v) is 3.26. The fourth-order valence-electron chi connectivity index (χ4n) is 2.99. The number of fused-ring (bicyclic) bond motifs is 1. The molecule has 0 saturated heterocycles. The van der Waals surface area contributed by atoms with Crippen molar-refractivity contribution < 1.29 is 9.59 Å². The van der Waals surface area contributed by atoms with Crippen molar-refractivity contribution in [1.82, 2.24) is 14.9 Å². The summed E-state index contributed by atoms with van der Waals surface area (Å²) in [7, 11) is 0. The number of allylic oxidation sites excluding steroid dienone is 1. The molecule has 0 atom stereocenters. The standard InChI is InChI=1S/C21H20N4O3S/c1-2-10-25-20(28)16-7-6-15(12-17(16)24-21(25)29)19(27)23-9-8-13-4-3-5-14(11-13)18(22)26/h2-7,11-12H,1,8-10H2,(H2,22,26)(H,23,27)(H,24,29). The molecular formula is C21H20N4O3S. The average molecular weight is 408 g/mol. The number of H-pyrrole nitrogens is 1. The predicted molar refractivity (Wildman–Crippen MR) is 115 cm³/mol. The predicted octanol–water partition coefficient (Wildman–Crippen LogP) is 2.32. The minimum atomic E-state index is -0.489. The van der Waals surface area contributed by atoms with Crippen molar-refractivity contribution in [2.75, 3.05) is 6.54 Å². The van der Waals surface area contributed by atoms with E-state index in [2.05, 4.69) is 16.9 Å². The molecule has 1 heterocycles. The quantitative estimate of drug-likeness (QED) is 0.412. The van der Waals surface area contributed by atoms with Crippen molar-refractivity contribution in [3.8, 4) is 0 Å². The van der Waals surface area contributed by atoms with Gasteiger partial charge in [0.1, 0.15) is 0 Å².